The van der Waals surface area contributed by atoms with E-state index in [1.54, 1.807) is 11.3 Å². The Morgan fingerprint density at radius 1 is 1.33 bits per heavy atom. The molecule has 15 heavy (non-hydrogen) atoms. The van der Waals surface area contributed by atoms with Gasteiger partial charge in [-0.05, 0) is 17.9 Å². The summed E-state index contributed by atoms with van der Waals surface area (Å²) < 4.78 is 0. The van der Waals surface area contributed by atoms with Crippen LogP contribution in [0.25, 0.3) is 0 Å². The third kappa shape index (κ3) is 4.88. The maximum atomic E-state index is 6.08. The third-order valence-corrected chi connectivity index (χ3v) is 5.18. The van der Waals surface area contributed by atoms with Crippen LogP contribution in [0, 0.1) is 0 Å². The van der Waals surface area contributed by atoms with Gasteiger partial charge in [-0.3, -0.25) is 0 Å². The monoisotopic (exact) mass is 308 g/mol. The summed E-state index contributed by atoms with van der Waals surface area (Å²) in [6.07, 6.45) is 7.89. The van der Waals surface area contributed by atoms with Gasteiger partial charge in [0.1, 0.15) is 0 Å². The van der Waals surface area contributed by atoms with Crippen molar-refractivity contribution in [3.05, 3.63) is 21.3 Å². The molecule has 3 heteroatoms. The Hall–Kier alpha value is 0.470. The van der Waals surface area contributed by atoms with Gasteiger partial charge in [-0.25, -0.2) is 0 Å². The van der Waals surface area contributed by atoms with Crippen molar-refractivity contribution in [2.45, 2.75) is 50.3 Å². The van der Waals surface area contributed by atoms with Crippen molar-refractivity contribution in [3.63, 3.8) is 0 Å². The van der Waals surface area contributed by atoms with E-state index in [0.29, 0.717) is 4.83 Å². The highest BCUT2D eigenvalue weighted by molar-refractivity contribution is 9.09. The first-order valence-corrected chi connectivity index (χ1v) is 7.80. The molecule has 1 heterocycles. The minimum absolute atomic E-state index is 0.451. The predicted octanol–water partition coefficient (Wildman–Crippen LogP) is 6.20. The molecule has 0 spiro atoms. The molecule has 0 aromatic carbocycles. The number of hydrogen-bond donors (Lipinski definition) is 0. The summed E-state index contributed by atoms with van der Waals surface area (Å²) >= 11 is 11.5. The van der Waals surface area contributed by atoms with E-state index in [1.165, 1.54) is 43.4 Å². The van der Waals surface area contributed by atoms with Crippen molar-refractivity contribution < 1.29 is 0 Å². The van der Waals surface area contributed by atoms with Gasteiger partial charge in [0.05, 0.1) is 9.85 Å². The molecule has 0 radical (unpaired) electrons. The second-order valence-corrected chi connectivity index (χ2v) is 6.26. The van der Waals surface area contributed by atoms with Crippen molar-refractivity contribution in [1.29, 1.82) is 0 Å². The molecule has 0 N–H and O–H groups in total. The molecule has 0 saturated heterocycles. The Balaban J connectivity index is 2.19. The van der Waals surface area contributed by atoms with Gasteiger partial charge in [-0.1, -0.05) is 66.6 Å². The van der Waals surface area contributed by atoms with Crippen molar-refractivity contribution in [1.82, 2.24) is 0 Å². The molecule has 1 aromatic rings. The van der Waals surface area contributed by atoms with Crippen molar-refractivity contribution in [2.75, 3.05) is 0 Å². The summed E-state index contributed by atoms with van der Waals surface area (Å²) in [4.78, 5) is 1.73. The van der Waals surface area contributed by atoms with Gasteiger partial charge in [0.25, 0.3) is 0 Å². The number of hydrogen-bond acceptors (Lipinski definition) is 1. The summed E-state index contributed by atoms with van der Waals surface area (Å²) in [5.74, 6) is 0. The molecule has 0 aliphatic rings. The molecule has 1 rings (SSSR count). The summed E-state index contributed by atoms with van der Waals surface area (Å²) in [5.41, 5.74) is 0. The number of halogens is 2. The van der Waals surface area contributed by atoms with Gasteiger partial charge >= 0.3 is 0 Å². The number of rotatable bonds is 7. The molecular weight excluding hydrogens is 292 g/mol. The van der Waals surface area contributed by atoms with E-state index in [-0.39, 0.29) is 0 Å². The normalized spacial score (nSPS) is 13.0. The minimum Gasteiger partial charge on any atom is -0.146 e. The lowest BCUT2D eigenvalue weighted by Crippen LogP contribution is -1.87. The Morgan fingerprint density at radius 2 is 2.07 bits per heavy atom. The van der Waals surface area contributed by atoms with Crippen LogP contribution >= 0.6 is 38.9 Å². The smallest absolute Gasteiger partial charge is 0.0556 e. The Kier molecular flexibility index (Phi) is 6.94. The van der Waals surface area contributed by atoms with E-state index < -0.39 is 0 Å². The average molecular weight is 310 g/mol. The Bertz CT molecular complexity index is 272. The van der Waals surface area contributed by atoms with Crippen LogP contribution in [-0.4, -0.2) is 0 Å². The fourth-order valence-corrected chi connectivity index (χ4v) is 3.81. The molecule has 0 fully saturated rings. The standard InChI is InChI=1S/C12H18BrClS/c1-2-3-4-5-6-7-10(13)12-11(14)8-9-15-12/h8-10H,2-7H2,1H3. The molecule has 0 amide bonds. The van der Waals surface area contributed by atoms with E-state index in [1.807, 2.05) is 6.07 Å². The van der Waals surface area contributed by atoms with Crippen LogP contribution in [-0.2, 0) is 0 Å². The van der Waals surface area contributed by atoms with Crippen molar-refractivity contribution in [2.24, 2.45) is 0 Å². The fourth-order valence-electron chi connectivity index (χ4n) is 1.59. The maximum Gasteiger partial charge on any atom is 0.0556 e. The van der Waals surface area contributed by atoms with E-state index in [2.05, 4.69) is 28.2 Å². The second-order valence-electron chi connectivity index (χ2n) is 3.80. The van der Waals surface area contributed by atoms with Crippen LogP contribution in [0.1, 0.15) is 55.2 Å². The van der Waals surface area contributed by atoms with Crippen molar-refractivity contribution in [3.8, 4) is 0 Å². The van der Waals surface area contributed by atoms with E-state index in [4.69, 9.17) is 11.6 Å². The first-order valence-electron chi connectivity index (χ1n) is 5.62. The zero-order valence-electron chi connectivity index (χ0n) is 9.14. The molecule has 0 nitrogen and oxygen atoms in total. The van der Waals surface area contributed by atoms with Gasteiger partial charge in [-0.15, -0.1) is 11.3 Å². The van der Waals surface area contributed by atoms with E-state index in [9.17, 15) is 0 Å². The van der Waals surface area contributed by atoms with Crippen LogP contribution in [0.3, 0.4) is 0 Å². The highest BCUT2D eigenvalue weighted by atomic mass is 79.9. The highest BCUT2D eigenvalue weighted by Crippen LogP contribution is 2.37. The SMILES string of the molecule is CCCCCCCC(Br)c1sccc1Cl. The summed E-state index contributed by atoms with van der Waals surface area (Å²) in [7, 11) is 0. The molecule has 0 aliphatic carbocycles. The van der Waals surface area contributed by atoms with Crippen LogP contribution < -0.4 is 0 Å². The molecule has 1 unspecified atom stereocenters. The van der Waals surface area contributed by atoms with Gasteiger partial charge in [-0.2, -0.15) is 0 Å². The quantitative estimate of drug-likeness (QED) is 0.415. The summed E-state index contributed by atoms with van der Waals surface area (Å²) in [6, 6.07) is 1.98. The largest absolute Gasteiger partial charge is 0.146 e. The van der Waals surface area contributed by atoms with Gasteiger partial charge in [0.2, 0.25) is 0 Å². The maximum absolute atomic E-state index is 6.08. The second kappa shape index (κ2) is 7.70. The van der Waals surface area contributed by atoms with Gasteiger partial charge in [0, 0.05) is 4.88 Å². The molecule has 0 aliphatic heterocycles. The number of thiophene rings is 1. The Labute approximate surface area is 110 Å². The first-order chi connectivity index (χ1) is 7.25. The lowest BCUT2D eigenvalue weighted by molar-refractivity contribution is 0.607. The van der Waals surface area contributed by atoms with Gasteiger partial charge in [0.15, 0.2) is 0 Å². The molecule has 86 valence electrons. The molecule has 0 saturated carbocycles. The van der Waals surface area contributed by atoms with E-state index >= 15 is 0 Å². The molecule has 1 aromatic heterocycles. The van der Waals surface area contributed by atoms with Crippen LogP contribution in [0.2, 0.25) is 5.02 Å². The van der Waals surface area contributed by atoms with Crippen LogP contribution in [0.15, 0.2) is 11.4 Å². The van der Waals surface area contributed by atoms with Crippen molar-refractivity contribution >= 4 is 38.9 Å². The lowest BCUT2D eigenvalue weighted by Gasteiger charge is -2.07. The first kappa shape index (κ1) is 13.5. The fraction of sp³-hybridized carbons (Fsp3) is 0.667. The average Bonchev–Trinajstić information content (AvgIpc) is 2.64. The zero-order chi connectivity index (χ0) is 11.1. The minimum atomic E-state index is 0.451. The highest BCUT2D eigenvalue weighted by Gasteiger charge is 2.11. The van der Waals surface area contributed by atoms with E-state index in [0.717, 1.165) is 5.02 Å². The van der Waals surface area contributed by atoms with Crippen LogP contribution in [0.5, 0.6) is 0 Å². The topological polar surface area (TPSA) is 0 Å². The molecular formula is C12H18BrClS. The number of unbranched alkanes of at least 4 members (excludes halogenated alkanes) is 4. The Morgan fingerprint density at radius 3 is 2.67 bits per heavy atom. The lowest BCUT2D eigenvalue weighted by atomic mass is 10.1. The molecule has 1 atom stereocenters. The van der Waals surface area contributed by atoms with Gasteiger partial charge < -0.3 is 0 Å². The summed E-state index contributed by atoms with van der Waals surface area (Å²) in [5, 5.41) is 2.97. The predicted molar refractivity (Wildman–Crippen MR) is 74.4 cm³/mol. The molecule has 0 bridgehead atoms. The van der Waals surface area contributed by atoms with Crippen LogP contribution in [0.4, 0.5) is 0 Å². The third-order valence-electron chi connectivity index (χ3n) is 2.49. The zero-order valence-corrected chi connectivity index (χ0v) is 12.3. The number of alkyl halides is 1. The summed E-state index contributed by atoms with van der Waals surface area (Å²) in [6.45, 7) is 2.25.